The highest BCUT2D eigenvalue weighted by Crippen LogP contribution is 1.95. The van der Waals surface area contributed by atoms with Crippen LogP contribution in [0, 0.1) is 6.92 Å². The zero-order valence-corrected chi connectivity index (χ0v) is 13.1. The molecule has 0 aliphatic rings. The largest absolute Gasteiger partial charge is 0.333 e. The van der Waals surface area contributed by atoms with Crippen LogP contribution in [0.1, 0.15) is 52.0 Å². The number of aryl methyl sites for hydroxylation is 1. The zero-order valence-electron chi connectivity index (χ0n) is 13.1. The Balaban J connectivity index is -0.000000196. The van der Waals surface area contributed by atoms with Crippen molar-refractivity contribution < 1.29 is 0 Å². The van der Waals surface area contributed by atoms with Crippen molar-refractivity contribution in [3.63, 3.8) is 0 Å². The molecule has 0 fully saturated rings. The Hall–Kier alpha value is -0.860. The van der Waals surface area contributed by atoms with Gasteiger partial charge in [-0.3, -0.25) is 0 Å². The lowest BCUT2D eigenvalue weighted by Crippen LogP contribution is -1.97. The highest BCUT2D eigenvalue weighted by atomic mass is 14.5. The molecule has 0 bridgehead atoms. The average Bonchev–Trinajstić information content (AvgIpc) is 2.45. The summed E-state index contributed by atoms with van der Waals surface area (Å²) in [6, 6.07) is 10.3. The van der Waals surface area contributed by atoms with E-state index >= 15 is 0 Å². The van der Waals surface area contributed by atoms with E-state index in [1.54, 1.807) is 0 Å². The van der Waals surface area contributed by atoms with Gasteiger partial charge in [0.15, 0.2) is 0 Å². The van der Waals surface area contributed by atoms with Crippen LogP contribution in [0.15, 0.2) is 30.3 Å². The van der Waals surface area contributed by atoms with E-state index in [1.165, 1.54) is 38.3 Å². The van der Waals surface area contributed by atoms with Crippen molar-refractivity contribution in [2.45, 2.75) is 53.4 Å². The minimum absolute atomic E-state index is 0.861. The number of nitrogens with two attached hydrogens (primary N) is 2. The number of unbranched alkanes of at least 4 members (excludes halogenated alkanes) is 3. The second-order valence-electron chi connectivity index (χ2n) is 3.50. The molecule has 0 radical (unpaired) electrons. The molecule has 0 aromatic heterocycles. The number of benzene rings is 1. The molecule has 1 rings (SSSR count). The van der Waals surface area contributed by atoms with Crippen LogP contribution in [-0.4, -0.2) is 13.6 Å². The van der Waals surface area contributed by atoms with Crippen molar-refractivity contribution >= 4 is 0 Å². The van der Waals surface area contributed by atoms with E-state index in [0.29, 0.717) is 0 Å². The van der Waals surface area contributed by atoms with Crippen LogP contribution in [0.5, 0.6) is 0 Å². The summed E-state index contributed by atoms with van der Waals surface area (Å²) in [7, 11) is 1.50. The maximum Gasteiger partial charge on any atom is -0.00773 e. The van der Waals surface area contributed by atoms with Crippen LogP contribution in [0.25, 0.3) is 0 Å². The summed E-state index contributed by atoms with van der Waals surface area (Å²) in [6.07, 6.45) is 5.16. The normalized spacial score (nSPS) is 7.72. The minimum atomic E-state index is 0.861. The number of hydrogen-bond donors (Lipinski definition) is 2. The maximum absolute atomic E-state index is 5.27. The molecule has 0 saturated carbocycles. The van der Waals surface area contributed by atoms with Gasteiger partial charge in [-0.05, 0) is 26.9 Å². The van der Waals surface area contributed by atoms with Gasteiger partial charge in [-0.2, -0.15) is 0 Å². The molecule has 1 aromatic carbocycles. The first-order valence-electron chi connectivity index (χ1n) is 7.10. The molecule has 2 nitrogen and oxygen atoms in total. The molecule has 0 atom stereocenters. The molecule has 2 heteroatoms. The molecule has 0 spiro atoms. The van der Waals surface area contributed by atoms with Gasteiger partial charge in [-0.15, -0.1) is 0 Å². The third kappa shape index (κ3) is 24.4. The van der Waals surface area contributed by atoms with Gasteiger partial charge in [0.1, 0.15) is 0 Å². The molecule has 0 unspecified atom stereocenters. The fourth-order valence-electron chi connectivity index (χ4n) is 1.11. The molecule has 108 valence electrons. The fourth-order valence-corrected chi connectivity index (χ4v) is 1.11. The zero-order chi connectivity index (χ0) is 14.6. The van der Waals surface area contributed by atoms with Gasteiger partial charge >= 0.3 is 0 Å². The van der Waals surface area contributed by atoms with Crippen molar-refractivity contribution in [3.8, 4) is 0 Å². The summed E-state index contributed by atoms with van der Waals surface area (Å²) in [5.41, 5.74) is 11.1. The molecule has 0 heterocycles. The lowest BCUT2D eigenvalue weighted by molar-refractivity contribution is 0.674. The lowest BCUT2D eigenvalue weighted by atomic mass is 10.2. The summed E-state index contributed by atoms with van der Waals surface area (Å²) < 4.78 is 0. The van der Waals surface area contributed by atoms with E-state index in [4.69, 9.17) is 5.73 Å². The second kappa shape index (κ2) is 25.1. The van der Waals surface area contributed by atoms with Crippen molar-refractivity contribution in [1.29, 1.82) is 0 Å². The van der Waals surface area contributed by atoms with Crippen LogP contribution in [-0.2, 0) is 0 Å². The Bertz CT molecular complexity index is 194. The van der Waals surface area contributed by atoms with E-state index in [1.807, 2.05) is 32.0 Å². The molecule has 0 amide bonds. The molecule has 4 N–H and O–H groups in total. The first kappa shape index (κ1) is 22.3. The van der Waals surface area contributed by atoms with E-state index in [0.717, 1.165) is 6.54 Å². The van der Waals surface area contributed by atoms with Crippen molar-refractivity contribution in [3.05, 3.63) is 35.9 Å². The van der Waals surface area contributed by atoms with Crippen LogP contribution < -0.4 is 11.5 Å². The van der Waals surface area contributed by atoms with Gasteiger partial charge in [-0.25, -0.2) is 0 Å². The fraction of sp³-hybridized carbons (Fsp3) is 0.625. The number of rotatable bonds is 4. The highest BCUT2D eigenvalue weighted by Gasteiger charge is 1.80. The first-order valence-corrected chi connectivity index (χ1v) is 7.10. The third-order valence-electron chi connectivity index (χ3n) is 2.00. The average molecular weight is 254 g/mol. The maximum atomic E-state index is 5.27. The summed E-state index contributed by atoms with van der Waals surface area (Å²) >= 11 is 0. The van der Waals surface area contributed by atoms with E-state index in [9.17, 15) is 0 Å². The van der Waals surface area contributed by atoms with Gasteiger partial charge in [0.05, 0.1) is 0 Å². The van der Waals surface area contributed by atoms with E-state index in [-0.39, 0.29) is 0 Å². The molecular weight excluding hydrogens is 220 g/mol. The van der Waals surface area contributed by atoms with Crippen LogP contribution >= 0.6 is 0 Å². The predicted molar refractivity (Wildman–Crippen MR) is 85.8 cm³/mol. The van der Waals surface area contributed by atoms with E-state index in [2.05, 4.69) is 31.7 Å². The summed E-state index contributed by atoms with van der Waals surface area (Å²) in [5.74, 6) is 0. The van der Waals surface area contributed by atoms with Gasteiger partial charge < -0.3 is 11.5 Å². The SMILES string of the molecule is CC.CCCCCCN.CN.Cc1ccccc1. The van der Waals surface area contributed by atoms with Crippen molar-refractivity contribution in [2.24, 2.45) is 11.5 Å². The standard InChI is InChI=1S/C7H8.C6H15N.C2H6.CH5N/c1-7-5-3-2-4-6-7;1-2-3-4-5-6-7;2*1-2/h2-6H,1H3;2-7H2,1H3;1-2H3;2H2,1H3. The Morgan fingerprint density at radius 2 is 1.39 bits per heavy atom. The van der Waals surface area contributed by atoms with Gasteiger partial charge in [0.2, 0.25) is 0 Å². The smallest absolute Gasteiger partial charge is 0.00773 e. The molecular formula is C16H34N2. The van der Waals surface area contributed by atoms with Gasteiger partial charge in [0, 0.05) is 0 Å². The van der Waals surface area contributed by atoms with Crippen LogP contribution in [0.2, 0.25) is 0 Å². The Morgan fingerprint density at radius 3 is 1.67 bits per heavy atom. The summed E-state index contributed by atoms with van der Waals surface area (Å²) in [6.45, 7) is 9.15. The second-order valence-corrected chi connectivity index (χ2v) is 3.50. The summed E-state index contributed by atoms with van der Waals surface area (Å²) in [5, 5.41) is 0. The van der Waals surface area contributed by atoms with E-state index < -0.39 is 0 Å². The highest BCUT2D eigenvalue weighted by molar-refractivity contribution is 5.11. The van der Waals surface area contributed by atoms with Crippen LogP contribution in [0.3, 0.4) is 0 Å². The first-order chi connectivity index (χ1) is 8.81. The van der Waals surface area contributed by atoms with Gasteiger partial charge in [0.25, 0.3) is 0 Å². The Kier molecular flexibility index (Phi) is 31.1. The third-order valence-corrected chi connectivity index (χ3v) is 2.00. The molecule has 0 aliphatic carbocycles. The van der Waals surface area contributed by atoms with Gasteiger partial charge in [-0.1, -0.05) is 75.9 Å². The van der Waals surface area contributed by atoms with Crippen molar-refractivity contribution in [2.75, 3.05) is 13.6 Å². The molecule has 18 heavy (non-hydrogen) atoms. The minimum Gasteiger partial charge on any atom is -0.333 e. The monoisotopic (exact) mass is 254 g/mol. The quantitative estimate of drug-likeness (QED) is 0.794. The lowest BCUT2D eigenvalue weighted by Gasteiger charge is -1.90. The molecule has 0 aliphatic heterocycles. The topological polar surface area (TPSA) is 52.0 Å². The molecule has 0 saturated heterocycles. The summed E-state index contributed by atoms with van der Waals surface area (Å²) in [4.78, 5) is 0. The van der Waals surface area contributed by atoms with Crippen molar-refractivity contribution in [1.82, 2.24) is 0 Å². The predicted octanol–water partition coefficient (Wildman–Crippen LogP) is 4.12. The Labute approximate surface area is 115 Å². The Morgan fingerprint density at radius 1 is 0.889 bits per heavy atom. The number of hydrogen-bond acceptors (Lipinski definition) is 2. The molecule has 1 aromatic rings. The van der Waals surface area contributed by atoms with Crippen LogP contribution in [0.4, 0.5) is 0 Å².